The summed E-state index contributed by atoms with van der Waals surface area (Å²) < 4.78 is 7.43. The van der Waals surface area contributed by atoms with Gasteiger partial charge in [0.1, 0.15) is 12.4 Å². The molecule has 21 heavy (non-hydrogen) atoms. The van der Waals surface area contributed by atoms with Crippen molar-refractivity contribution in [3.05, 3.63) is 64.5 Å². The maximum atomic E-state index is 6.12. The van der Waals surface area contributed by atoms with E-state index in [2.05, 4.69) is 54.8 Å². The molecule has 1 aromatic heterocycles. The molecular formula is C18H19NOS. The van der Waals surface area contributed by atoms with Gasteiger partial charge in [-0.1, -0.05) is 36.4 Å². The minimum atomic E-state index is 0.604. The highest BCUT2D eigenvalue weighted by Crippen LogP contribution is 2.29. The van der Waals surface area contributed by atoms with Crippen LogP contribution in [0.2, 0.25) is 0 Å². The van der Waals surface area contributed by atoms with E-state index in [1.54, 1.807) is 11.3 Å². The fourth-order valence-corrected chi connectivity index (χ4v) is 3.51. The van der Waals surface area contributed by atoms with E-state index in [0.29, 0.717) is 13.2 Å². The lowest BCUT2D eigenvalue weighted by Gasteiger charge is -2.13. The van der Waals surface area contributed by atoms with Crippen molar-refractivity contribution >= 4 is 21.4 Å². The number of ether oxygens (including phenoxy) is 1. The number of hydrogen-bond acceptors (Lipinski definition) is 3. The Bertz CT molecular complexity index is 748. The van der Waals surface area contributed by atoms with Gasteiger partial charge in [-0.15, -0.1) is 11.3 Å². The van der Waals surface area contributed by atoms with Crippen LogP contribution in [0.25, 0.3) is 10.1 Å². The van der Waals surface area contributed by atoms with Crippen LogP contribution in [-0.4, -0.2) is 6.54 Å². The second-order valence-corrected chi connectivity index (χ2v) is 6.06. The SMILES string of the molecule is Cc1cccc(CCN)c1OCc1csc2ccccc12. The van der Waals surface area contributed by atoms with Gasteiger partial charge in [-0.05, 0) is 47.8 Å². The molecule has 0 spiro atoms. The lowest BCUT2D eigenvalue weighted by molar-refractivity contribution is 0.302. The molecular weight excluding hydrogens is 278 g/mol. The molecule has 3 heteroatoms. The first kappa shape index (κ1) is 14.1. The minimum absolute atomic E-state index is 0.604. The molecule has 1 heterocycles. The standard InChI is InChI=1S/C18H19NOS/c1-13-5-4-6-14(9-10-19)18(13)20-11-15-12-21-17-8-3-2-7-16(15)17/h2-8,12H,9-11,19H2,1H3. The molecule has 3 rings (SSSR count). The smallest absolute Gasteiger partial charge is 0.125 e. The van der Waals surface area contributed by atoms with Crippen LogP contribution in [0.1, 0.15) is 16.7 Å². The third kappa shape index (κ3) is 2.94. The van der Waals surface area contributed by atoms with E-state index in [9.17, 15) is 0 Å². The van der Waals surface area contributed by atoms with E-state index in [4.69, 9.17) is 10.5 Å². The molecule has 2 aromatic carbocycles. The number of nitrogens with two attached hydrogens (primary N) is 1. The molecule has 0 atom stereocenters. The monoisotopic (exact) mass is 297 g/mol. The van der Waals surface area contributed by atoms with Crippen LogP contribution in [0.3, 0.4) is 0 Å². The van der Waals surface area contributed by atoms with E-state index in [-0.39, 0.29) is 0 Å². The summed E-state index contributed by atoms with van der Waals surface area (Å²) in [5.74, 6) is 0.984. The largest absolute Gasteiger partial charge is 0.488 e. The Morgan fingerprint density at radius 3 is 2.76 bits per heavy atom. The average molecular weight is 297 g/mol. The molecule has 0 aliphatic rings. The van der Waals surface area contributed by atoms with Gasteiger partial charge in [0.25, 0.3) is 0 Å². The summed E-state index contributed by atoms with van der Waals surface area (Å²) in [4.78, 5) is 0. The number of benzene rings is 2. The number of para-hydroxylation sites is 1. The van der Waals surface area contributed by atoms with Crippen LogP contribution < -0.4 is 10.5 Å². The number of thiophene rings is 1. The van der Waals surface area contributed by atoms with Crippen molar-refractivity contribution in [1.82, 2.24) is 0 Å². The third-order valence-corrected chi connectivity index (χ3v) is 4.65. The minimum Gasteiger partial charge on any atom is -0.488 e. The molecule has 0 saturated heterocycles. The van der Waals surface area contributed by atoms with E-state index in [1.807, 2.05) is 0 Å². The fraction of sp³-hybridized carbons (Fsp3) is 0.222. The van der Waals surface area contributed by atoms with Crippen molar-refractivity contribution in [2.75, 3.05) is 6.54 Å². The lowest BCUT2D eigenvalue weighted by atomic mass is 10.1. The molecule has 0 amide bonds. The molecule has 0 unspecified atom stereocenters. The van der Waals surface area contributed by atoms with Gasteiger partial charge in [-0.2, -0.15) is 0 Å². The van der Waals surface area contributed by atoms with Gasteiger partial charge in [-0.3, -0.25) is 0 Å². The van der Waals surface area contributed by atoms with Crippen LogP contribution in [0.4, 0.5) is 0 Å². The Morgan fingerprint density at radius 1 is 1.05 bits per heavy atom. The van der Waals surface area contributed by atoms with Gasteiger partial charge in [0.05, 0.1) is 0 Å². The number of hydrogen-bond donors (Lipinski definition) is 1. The van der Waals surface area contributed by atoms with Crippen LogP contribution in [0.5, 0.6) is 5.75 Å². The van der Waals surface area contributed by atoms with Crippen LogP contribution in [0.15, 0.2) is 47.8 Å². The normalized spacial score (nSPS) is 11.0. The Kier molecular flexibility index (Phi) is 4.23. The van der Waals surface area contributed by atoms with Gasteiger partial charge in [-0.25, -0.2) is 0 Å². The Balaban J connectivity index is 1.85. The molecule has 0 aliphatic carbocycles. The van der Waals surface area contributed by atoms with Gasteiger partial charge >= 0.3 is 0 Å². The maximum Gasteiger partial charge on any atom is 0.125 e. The van der Waals surface area contributed by atoms with Crippen molar-refractivity contribution in [1.29, 1.82) is 0 Å². The molecule has 0 saturated carbocycles. The fourth-order valence-electron chi connectivity index (χ4n) is 2.57. The van der Waals surface area contributed by atoms with Gasteiger partial charge in [0, 0.05) is 10.3 Å². The molecule has 0 fully saturated rings. The quantitative estimate of drug-likeness (QED) is 0.762. The summed E-state index contributed by atoms with van der Waals surface area (Å²) in [5, 5.41) is 3.47. The Labute approximate surface area is 129 Å². The molecule has 0 aliphatic heterocycles. The summed E-state index contributed by atoms with van der Waals surface area (Å²) in [6, 6.07) is 14.7. The lowest BCUT2D eigenvalue weighted by Crippen LogP contribution is -2.06. The first-order valence-corrected chi connectivity index (χ1v) is 8.04. The predicted molar refractivity (Wildman–Crippen MR) is 90.1 cm³/mol. The first-order chi connectivity index (χ1) is 10.3. The zero-order valence-corrected chi connectivity index (χ0v) is 13.0. The highest BCUT2D eigenvalue weighted by molar-refractivity contribution is 7.17. The molecule has 108 valence electrons. The molecule has 3 aromatic rings. The van der Waals surface area contributed by atoms with Crippen molar-refractivity contribution in [2.24, 2.45) is 5.73 Å². The zero-order chi connectivity index (χ0) is 14.7. The van der Waals surface area contributed by atoms with E-state index in [0.717, 1.165) is 12.2 Å². The van der Waals surface area contributed by atoms with Crippen molar-refractivity contribution in [3.63, 3.8) is 0 Å². The summed E-state index contributed by atoms with van der Waals surface area (Å²) in [6.45, 7) is 3.33. The molecule has 2 nitrogen and oxygen atoms in total. The van der Waals surface area contributed by atoms with E-state index < -0.39 is 0 Å². The predicted octanol–water partition coefficient (Wildman–Crippen LogP) is 4.29. The summed E-state index contributed by atoms with van der Waals surface area (Å²) >= 11 is 1.77. The Hall–Kier alpha value is -1.84. The van der Waals surface area contributed by atoms with Crippen molar-refractivity contribution in [2.45, 2.75) is 20.0 Å². The second-order valence-electron chi connectivity index (χ2n) is 5.15. The van der Waals surface area contributed by atoms with Gasteiger partial charge in [0.15, 0.2) is 0 Å². The van der Waals surface area contributed by atoms with E-state index >= 15 is 0 Å². The summed E-state index contributed by atoms with van der Waals surface area (Å²) in [6.07, 6.45) is 0.849. The Morgan fingerprint density at radius 2 is 1.90 bits per heavy atom. The summed E-state index contributed by atoms with van der Waals surface area (Å²) in [7, 11) is 0. The molecule has 0 bridgehead atoms. The van der Waals surface area contributed by atoms with Crippen molar-refractivity contribution in [3.8, 4) is 5.75 Å². The maximum absolute atomic E-state index is 6.12. The number of rotatable bonds is 5. The third-order valence-electron chi connectivity index (χ3n) is 3.64. The van der Waals surface area contributed by atoms with Crippen LogP contribution in [-0.2, 0) is 13.0 Å². The van der Waals surface area contributed by atoms with E-state index in [1.165, 1.54) is 26.8 Å². The zero-order valence-electron chi connectivity index (χ0n) is 12.1. The average Bonchev–Trinajstić information content (AvgIpc) is 2.90. The van der Waals surface area contributed by atoms with Crippen LogP contribution >= 0.6 is 11.3 Å². The number of aryl methyl sites for hydroxylation is 1. The van der Waals surface area contributed by atoms with Crippen molar-refractivity contribution < 1.29 is 4.74 Å². The van der Waals surface area contributed by atoms with Crippen LogP contribution in [0, 0.1) is 6.92 Å². The highest BCUT2D eigenvalue weighted by atomic mass is 32.1. The van der Waals surface area contributed by atoms with Gasteiger partial charge < -0.3 is 10.5 Å². The molecule has 0 radical (unpaired) electrons. The first-order valence-electron chi connectivity index (χ1n) is 7.16. The molecule has 2 N–H and O–H groups in total. The second kappa shape index (κ2) is 6.29. The summed E-state index contributed by atoms with van der Waals surface area (Å²) in [5.41, 5.74) is 9.30. The highest BCUT2D eigenvalue weighted by Gasteiger charge is 2.09. The van der Waals surface area contributed by atoms with Gasteiger partial charge in [0.2, 0.25) is 0 Å². The topological polar surface area (TPSA) is 35.2 Å². The number of fused-ring (bicyclic) bond motifs is 1.